The zero-order valence-corrected chi connectivity index (χ0v) is 11.0. The molecule has 0 bridgehead atoms. The fourth-order valence-corrected chi connectivity index (χ4v) is 2.66. The summed E-state index contributed by atoms with van der Waals surface area (Å²) in [6.45, 7) is 1.43. The SMILES string of the molecule is O=C(O)C=C1CCN(c2ncc3c(n2)CCC3=O)CC1. The summed E-state index contributed by atoms with van der Waals surface area (Å²) in [6.07, 6.45) is 5.56. The molecule has 0 atom stereocenters. The molecule has 1 aliphatic carbocycles. The molecule has 0 radical (unpaired) electrons. The largest absolute Gasteiger partial charge is 0.478 e. The molecule has 0 spiro atoms. The van der Waals surface area contributed by atoms with E-state index in [0.29, 0.717) is 50.3 Å². The number of anilines is 1. The van der Waals surface area contributed by atoms with E-state index in [1.807, 2.05) is 4.90 Å². The Bertz CT molecular complexity index is 600. The summed E-state index contributed by atoms with van der Waals surface area (Å²) < 4.78 is 0. The molecule has 2 aliphatic rings. The van der Waals surface area contributed by atoms with Crippen LogP contribution < -0.4 is 4.90 Å². The maximum absolute atomic E-state index is 11.5. The van der Waals surface area contributed by atoms with Gasteiger partial charge in [0.05, 0.1) is 11.3 Å². The maximum atomic E-state index is 11.5. The number of Topliss-reactive ketones (excluding diaryl/α,β-unsaturated/α-hetero) is 1. The summed E-state index contributed by atoms with van der Waals surface area (Å²) in [7, 11) is 0. The molecule has 0 aromatic carbocycles. The van der Waals surface area contributed by atoms with Gasteiger partial charge in [0.25, 0.3) is 0 Å². The lowest BCUT2D eigenvalue weighted by atomic mass is 10.0. The average Bonchev–Trinajstić information content (AvgIpc) is 2.80. The van der Waals surface area contributed by atoms with E-state index in [2.05, 4.69) is 9.97 Å². The molecule has 0 unspecified atom stereocenters. The highest BCUT2D eigenvalue weighted by molar-refractivity contribution is 5.99. The summed E-state index contributed by atoms with van der Waals surface area (Å²) in [4.78, 5) is 33.0. The molecule has 1 fully saturated rings. The molecule has 0 amide bonds. The first-order valence-corrected chi connectivity index (χ1v) is 6.70. The number of aromatic nitrogens is 2. The Morgan fingerprint density at radius 2 is 2.00 bits per heavy atom. The highest BCUT2D eigenvalue weighted by Crippen LogP contribution is 2.24. The number of carbonyl (C=O) groups excluding carboxylic acids is 1. The Morgan fingerprint density at radius 1 is 1.25 bits per heavy atom. The molecule has 1 N–H and O–H groups in total. The third-order valence-electron chi connectivity index (χ3n) is 3.76. The molecule has 20 heavy (non-hydrogen) atoms. The van der Waals surface area contributed by atoms with Crippen LogP contribution in [-0.4, -0.2) is 39.9 Å². The number of aryl methyl sites for hydroxylation is 1. The van der Waals surface area contributed by atoms with E-state index in [1.165, 1.54) is 6.08 Å². The lowest BCUT2D eigenvalue weighted by molar-refractivity contribution is -0.131. The van der Waals surface area contributed by atoms with Gasteiger partial charge in [0.1, 0.15) is 0 Å². The van der Waals surface area contributed by atoms with Crippen LogP contribution in [0.3, 0.4) is 0 Å². The second-order valence-electron chi connectivity index (χ2n) is 5.08. The number of hydrogen-bond donors (Lipinski definition) is 1. The van der Waals surface area contributed by atoms with Gasteiger partial charge in [-0.15, -0.1) is 0 Å². The number of hydrogen-bond acceptors (Lipinski definition) is 5. The normalized spacial score (nSPS) is 18.1. The number of rotatable bonds is 2. The van der Waals surface area contributed by atoms with Gasteiger partial charge >= 0.3 is 5.97 Å². The second-order valence-corrected chi connectivity index (χ2v) is 5.08. The van der Waals surface area contributed by atoms with E-state index in [4.69, 9.17) is 5.11 Å². The van der Waals surface area contributed by atoms with Crippen molar-refractivity contribution in [3.8, 4) is 0 Å². The predicted molar refractivity (Wildman–Crippen MR) is 71.8 cm³/mol. The zero-order chi connectivity index (χ0) is 14.1. The fraction of sp³-hybridized carbons (Fsp3) is 0.429. The average molecular weight is 273 g/mol. The summed E-state index contributed by atoms with van der Waals surface area (Å²) in [5.41, 5.74) is 2.44. The molecule has 0 saturated carbocycles. The minimum Gasteiger partial charge on any atom is -0.478 e. The highest BCUT2D eigenvalue weighted by Gasteiger charge is 2.24. The second kappa shape index (κ2) is 5.03. The number of carboxylic acid groups (broad SMARTS) is 1. The van der Waals surface area contributed by atoms with Crippen molar-refractivity contribution >= 4 is 17.7 Å². The molecule has 3 rings (SSSR count). The monoisotopic (exact) mass is 273 g/mol. The molecule has 1 aromatic heterocycles. The van der Waals surface area contributed by atoms with E-state index in [1.54, 1.807) is 6.20 Å². The predicted octanol–water partition coefficient (Wildman–Crippen LogP) is 1.22. The Kier molecular flexibility index (Phi) is 3.22. The van der Waals surface area contributed by atoms with Gasteiger partial charge in [-0.2, -0.15) is 0 Å². The van der Waals surface area contributed by atoms with Gasteiger partial charge in [-0.3, -0.25) is 4.79 Å². The van der Waals surface area contributed by atoms with Crippen LogP contribution in [0.2, 0.25) is 0 Å². The molecular formula is C14H15N3O3. The molecule has 6 nitrogen and oxygen atoms in total. The number of piperidine rings is 1. The van der Waals surface area contributed by atoms with E-state index >= 15 is 0 Å². The number of aliphatic carboxylic acids is 1. The van der Waals surface area contributed by atoms with Crippen molar-refractivity contribution in [3.05, 3.63) is 29.1 Å². The standard InChI is InChI=1S/C14H15N3O3/c18-12-2-1-11-10(12)8-15-14(16-11)17-5-3-9(4-6-17)7-13(19)20/h7-8H,1-6H2,(H,19,20). The van der Waals surface area contributed by atoms with Gasteiger partial charge in [0.2, 0.25) is 5.95 Å². The third-order valence-corrected chi connectivity index (χ3v) is 3.76. The van der Waals surface area contributed by atoms with Gasteiger partial charge in [-0.05, 0) is 19.3 Å². The van der Waals surface area contributed by atoms with Crippen molar-refractivity contribution in [3.63, 3.8) is 0 Å². The Labute approximate surface area is 116 Å². The van der Waals surface area contributed by atoms with Crippen molar-refractivity contribution in [1.29, 1.82) is 0 Å². The lowest BCUT2D eigenvalue weighted by Gasteiger charge is -2.28. The van der Waals surface area contributed by atoms with Crippen molar-refractivity contribution < 1.29 is 14.7 Å². The molecular weight excluding hydrogens is 258 g/mol. The minimum absolute atomic E-state index is 0.122. The topological polar surface area (TPSA) is 83.4 Å². The van der Waals surface area contributed by atoms with Crippen LogP contribution in [-0.2, 0) is 11.2 Å². The van der Waals surface area contributed by atoms with Crippen LogP contribution in [0, 0.1) is 0 Å². The van der Waals surface area contributed by atoms with E-state index in [-0.39, 0.29) is 5.78 Å². The van der Waals surface area contributed by atoms with E-state index < -0.39 is 5.97 Å². The Hall–Kier alpha value is -2.24. The van der Waals surface area contributed by atoms with Crippen molar-refractivity contribution in [1.82, 2.24) is 9.97 Å². The quantitative estimate of drug-likeness (QED) is 0.816. The van der Waals surface area contributed by atoms with Crippen molar-refractivity contribution in [2.45, 2.75) is 25.7 Å². The smallest absolute Gasteiger partial charge is 0.328 e. The van der Waals surface area contributed by atoms with Crippen LogP contribution in [0.1, 0.15) is 35.3 Å². The van der Waals surface area contributed by atoms with E-state index in [0.717, 1.165) is 11.3 Å². The number of nitrogens with zero attached hydrogens (tertiary/aromatic N) is 3. The molecule has 1 aliphatic heterocycles. The summed E-state index contributed by atoms with van der Waals surface area (Å²) in [6, 6.07) is 0. The van der Waals surface area contributed by atoms with Crippen LogP contribution >= 0.6 is 0 Å². The molecule has 104 valence electrons. The summed E-state index contributed by atoms with van der Waals surface area (Å²) in [5, 5.41) is 8.73. The first-order chi connectivity index (χ1) is 9.63. The van der Waals surface area contributed by atoms with Crippen LogP contribution in [0.5, 0.6) is 0 Å². The van der Waals surface area contributed by atoms with Crippen LogP contribution in [0.15, 0.2) is 17.8 Å². The summed E-state index contributed by atoms with van der Waals surface area (Å²) in [5.74, 6) is -0.120. The molecule has 2 heterocycles. The van der Waals surface area contributed by atoms with Crippen LogP contribution in [0.4, 0.5) is 5.95 Å². The minimum atomic E-state index is -0.888. The van der Waals surface area contributed by atoms with Gasteiger partial charge in [0.15, 0.2) is 5.78 Å². The number of fused-ring (bicyclic) bond motifs is 1. The van der Waals surface area contributed by atoms with Crippen molar-refractivity contribution in [2.24, 2.45) is 0 Å². The Morgan fingerprint density at radius 3 is 2.70 bits per heavy atom. The van der Waals surface area contributed by atoms with Crippen LogP contribution in [0.25, 0.3) is 0 Å². The van der Waals surface area contributed by atoms with E-state index in [9.17, 15) is 9.59 Å². The summed E-state index contributed by atoms with van der Waals surface area (Å²) >= 11 is 0. The number of ketones is 1. The number of carboxylic acids is 1. The first-order valence-electron chi connectivity index (χ1n) is 6.70. The third kappa shape index (κ3) is 2.41. The van der Waals surface area contributed by atoms with Gasteiger partial charge in [-0.1, -0.05) is 5.57 Å². The molecule has 1 aromatic rings. The molecule has 1 saturated heterocycles. The number of carbonyl (C=O) groups is 2. The Balaban J connectivity index is 1.73. The van der Waals surface area contributed by atoms with Gasteiger partial charge in [-0.25, -0.2) is 14.8 Å². The van der Waals surface area contributed by atoms with Gasteiger partial charge in [0, 0.05) is 31.8 Å². The first kappa shape index (κ1) is 12.8. The zero-order valence-electron chi connectivity index (χ0n) is 11.0. The highest BCUT2D eigenvalue weighted by atomic mass is 16.4. The van der Waals surface area contributed by atoms with Crippen molar-refractivity contribution in [2.75, 3.05) is 18.0 Å². The fourth-order valence-electron chi connectivity index (χ4n) is 2.66. The maximum Gasteiger partial charge on any atom is 0.328 e. The lowest BCUT2D eigenvalue weighted by Crippen LogP contribution is -2.32. The molecule has 6 heteroatoms. The van der Waals surface area contributed by atoms with Gasteiger partial charge < -0.3 is 10.0 Å².